The van der Waals surface area contributed by atoms with Gasteiger partial charge in [-0.25, -0.2) is 4.98 Å². The van der Waals surface area contributed by atoms with E-state index in [4.69, 9.17) is 4.74 Å². The first kappa shape index (κ1) is 19.4. The molecule has 5 nitrogen and oxygen atoms in total. The van der Waals surface area contributed by atoms with Crippen molar-refractivity contribution in [1.82, 2.24) is 14.8 Å². The Labute approximate surface area is 171 Å². The summed E-state index contributed by atoms with van der Waals surface area (Å²) in [4.78, 5) is 21.7. The van der Waals surface area contributed by atoms with Crippen molar-refractivity contribution in [2.45, 2.75) is 26.5 Å². The summed E-state index contributed by atoms with van der Waals surface area (Å²) in [5.41, 5.74) is 3.29. The van der Waals surface area contributed by atoms with Crippen LogP contribution in [0.1, 0.15) is 18.1 Å². The molecule has 0 aliphatic carbocycles. The van der Waals surface area contributed by atoms with Gasteiger partial charge in [-0.1, -0.05) is 48.5 Å². The van der Waals surface area contributed by atoms with E-state index in [9.17, 15) is 4.79 Å². The molecule has 1 atom stereocenters. The number of fused-ring (bicyclic) bond motifs is 1. The largest absolute Gasteiger partial charge is 0.465 e. The number of para-hydroxylation sites is 1. The van der Waals surface area contributed by atoms with Crippen LogP contribution in [0.15, 0.2) is 60.7 Å². The zero-order valence-electron chi connectivity index (χ0n) is 17.0. The Balaban J connectivity index is 1.34. The number of aromatic nitrogens is 1. The zero-order valence-corrected chi connectivity index (χ0v) is 17.0. The van der Waals surface area contributed by atoms with Gasteiger partial charge in [0.1, 0.15) is 0 Å². The van der Waals surface area contributed by atoms with Crippen LogP contribution in [0.3, 0.4) is 0 Å². The van der Waals surface area contributed by atoms with Crippen LogP contribution < -0.4 is 4.74 Å². The Morgan fingerprint density at radius 3 is 2.48 bits per heavy atom. The predicted molar refractivity (Wildman–Crippen MR) is 115 cm³/mol. The summed E-state index contributed by atoms with van der Waals surface area (Å²) in [6.07, 6.45) is -0.552. The Morgan fingerprint density at radius 2 is 1.72 bits per heavy atom. The van der Waals surface area contributed by atoms with Crippen molar-refractivity contribution in [1.29, 1.82) is 0 Å². The maximum atomic E-state index is 12.9. The normalized spacial score (nSPS) is 16.0. The van der Waals surface area contributed by atoms with E-state index in [2.05, 4.69) is 34.1 Å². The van der Waals surface area contributed by atoms with E-state index in [1.165, 1.54) is 5.56 Å². The number of piperazine rings is 1. The molecule has 1 aliphatic rings. The smallest absolute Gasteiger partial charge is 0.263 e. The fraction of sp³-hybridized carbons (Fsp3) is 0.333. The second kappa shape index (κ2) is 8.62. The topological polar surface area (TPSA) is 45.7 Å². The highest BCUT2D eigenvalue weighted by molar-refractivity contribution is 5.83. The van der Waals surface area contributed by atoms with Gasteiger partial charge >= 0.3 is 0 Å². The molecular formula is C24H27N3O2. The summed E-state index contributed by atoms with van der Waals surface area (Å²) >= 11 is 0. The van der Waals surface area contributed by atoms with Crippen LogP contribution >= 0.6 is 0 Å². The van der Waals surface area contributed by atoms with Crippen LogP contribution in [-0.4, -0.2) is 53.0 Å². The number of aryl methyl sites for hydroxylation is 1. The van der Waals surface area contributed by atoms with E-state index in [0.717, 1.165) is 49.2 Å². The van der Waals surface area contributed by atoms with Crippen molar-refractivity contribution in [3.63, 3.8) is 0 Å². The third-order valence-corrected chi connectivity index (χ3v) is 5.48. The highest BCUT2D eigenvalue weighted by atomic mass is 16.5. The van der Waals surface area contributed by atoms with E-state index in [1.807, 2.05) is 55.1 Å². The summed E-state index contributed by atoms with van der Waals surface area (Å²) in [6, 6.07) is 20.3. The molecule has 0 bridgehead atoms. The van der Waals surface area contributed by atoms with Gasteiger partial charge in [-0.3, -0.25) is 9.69 Å². The maximum Gasteiger partial charge on any atom is 0.263 e. The molecule has 0 spiro atoms. The van der Waals surface area contributed by atoms with Crippen molar-refractivity contribution >= 4 is 16.8 Å². The highest BCUT2D eigenvalue weighted by Gasteiger charge is 2.26. The molecular weight excluding hydrogens is 362 g/mol. The van der Waals surface area contributed by atoms with Crippen molar-refractivity contribution in [2.75, 3.05) is 26.2 Å². The Morgan fingerprint density at radius 1 is 1.03 bits per heavy atom. The first-order valence-electron chi connectivity index (χ1n) is 10.2. The summed E-state index contributed by atoms with van der Waals surface area (Å²) in [5, 5.41) is 1.10. The van der Waals surface area contributed by atoms with Gasteiger partial charge in [-0.15, -0.1) is 0 Å². The van der Waals surface area contributed by atoms with E-state index < -0.39 is 6.10 Å². The van der Waals surface area contributed by atoms with Crippen molar-refractivity contribution in [3.05, 3.63) is 71.8 Å². The molecule has 150 valence electrons. The molecule has 1 aromatic heterocycles. The number of ether oxygens (including phenoxy) is 1. The van der Waals surface area contributed by atoms with Crippen molar-refractivity contribution in [3.8, 4) is 5.88 Å². The second-order valence-corrected chi connectivity index (χ2v) is 7.64. The van der Waals surface area contributed by atoms with Crippen LogP contribution in [-0.2, 0) is 11.3 Å². The van der Waals surface area contributed by atoms with Gasteiger partial charge < -0.3 is 9.64 Å². The molecule has 1 fully saturated rings. The van der Waals surface area contributed by atoms with E-state index in [-0.39, 0.29) is 5.91 Å². The number of hydrogen-bond acceptors (Lipinski definition) is 4. The average molecular weight is 389 g/mol. The highest BCUT2D eigenvalue weighted by Crippen LogP contribution is 2.22. The quantitative estimate of drug-likeness (QED) is 0.668. The monoisotopic (exact) mass is 389 g/mol. The molecule has 0 N–H and O–H groups in total. The molecule has 0 saturated carbocycles. The van der Waals surface area contributed by atoms with Gasteiger partial charge in [0, 0.05) is 44.2 Å². The molecule has 1 amide bonds. The number of carbonyl (C=O) groups excluding carboxylic acids is 1. The Kier molecular flexibility index (Phi) is 5.76. The van der Waals surface area contributed by atoms with Crippen LogP contribution in [0.2, 0.25) is 0 Å². The van der Waals surface area contributed by atoms with Crippen molar-refractivity contribution in [2.24, 2.45) is 0 Å². The number of amides is 1. The Hall–Kier alpha value is -2.92. The van der Waals surface area contributed by atoms with Crippen LogP contribution in [0, 0.1) is 6.92 Å². The number of rotatable bonds is 5. The lowest BCUT2D eigenvalue weighted by Gasteiger charge is -2.35. The molecule has 29 heavy (non-hydrogen) atoms. The lowest BCUT2D eigenvalue weighted by Crippen LogP contribution is -2.51. The SMILES string of the molecule is Cc1cc(O[C@H](C)C(=O)N2CCN(Cc3ccccc3)CC2)nc2ccccc12. The van der Waals surface area contributed by atoms with Gasteiger partial charge in [0.15, 0.2) is 6.10 Å². The maximum absolute atomic E-state index is 12.9. The van der Waals surface area contributed by atoms with Crippen LogP contribution in [0.5, 0.6) is 5.88 Å². The minimum absolute atomic E-state index is 0.0250. The minimum Gasteiger partial charge on any atom is -0.465 e. The van der Waals surface area contributed by atoms with E-state index in [0.29, 0.717) is 5.88 Å². The lowest BCUT2D eigenvalue weighted by molar-refractivity contribution is -0.139. The fourth-order valence-corrected chi connectivity index (χ4v) is 3.84. The minimum atomic E-state index is -0.552. The summed E-state index contributed by atoms with van der Waals surface area (Å²) in [6.45, 7) is 7.98. The number of benzene rings is 2. The molecule has 4 rings (SSSR count). The van der Waals surface area contributed by atoms with E-state index in [1.54, 1.807) is 0 Å². The first-order chi connectivity index (χ1) is 14.1. The van der Waals surface area contributed by atoms with Gasteiger partial charge in [0.25, 0.3) is 5.91 Å². The van der Waals surface area contributed by atoms with E-state index >= 15 is 0 Å². The van der Waals surface area contributed by atoms with Gasteiger partial charge in [-0.2, -0.15) is 0 Å². The molecule has 0 radical (unpaired) electrons. The molecule has 0 unspecified atom stereocenters. The standard InChI is InChI=1S/C24H27N3O2/c1-18-16-23(25-22-11-7-6-10-21(18)22)29-19(2)24(28)27-14-12-26(13-15-27)17-20-8-4-3-5-9-20/h3-11,16,19H,12-15,17H2,1-2H3/t19-/m1/s1. The zero-order chi connectivity index (χ0) is 20.2. The summed E-state index contributed by atoms with van der Waals surface area (Å²) in [5.74, 6) is 0.529. The predicted octanol–water partition coefficient (Wildman–Crippen LogP) is 3.65. The molecule has 1 saturated heterocycles. The van der Waals surface area contributed by atoms with Gasteiger partial charge in [0.05, 0.1) is 5.52 Å². The summed E-state index contributed by atoms with van der Waals surface area (Å²) < 4.78 is 5.92. The fourth-order valence-electron chi connectivity index (χ4n) is 3.84. The average Bonchev–Trinajstić information content (AvgIpc) is 2.74. The van der Waals surface area contributed by atoms with Crippen LogP contribution in [0.25, 0.3) is 10.9 Å². The number of nitrogens with zero attached hydrogens (tertiary/aromatic N) is 3. The number of hydrogen-bond donors (Lipinski definition) is 0. The molecule has 5 heteroatoms. The Bertz CT molecular complexity index is 982. The van der Waals surface area contributed by atoms with Crippen LogP contribution in [0.4, 0.5) is 0 Å². The summed E-state index contributed by atoms with van der Waals surface area (Å²) in [7, 11) is 0. The third kappa shape index (κ3) is 4.57. The van der Waals surface area contributed by atoms with Gasteiger partial charge in [0.2, 0.25) is 5.88 Å². The number of carbonyl (C=O) groups is 1. The third-order valence-electron chi connectivity index (χ3n) is 5.48. The second-order valence-electron chi connectivity index (χ2n) is 7.64. The first-order valence-corrected chi connectivity index (χ1v) is 10.2. The van der Waals surface area contributed by atoms with Gasteiger partial charge in [-0.05, 0) is 31.0 Å². The lowest BCUT2D eigenvalue weighted by atomic mass is 10.1. The number of pyridine rings is 1. The molecule has 2 heterocycles. The molecule has 1 aliphatic heterocycles. The molecule has 2 aromatic carbocycles. The molecule has 3 aromatic rings. The van der Waals surface area contributed by atoms with Crippen molar-refractivity contribution < 1.29 is 9.53 Å².